The largest absolute Gasteiger partial charge is 0.496 e. The van der Waals surface area contributed by atoms with Gasteiger partial charge in [-0.3, -0.25) is 0 Å². The molecule has 0 unspecified atom stereocenters. The third kappa shape index (κ3) is 2.80. The van der Waals surface area contributed by atoms with Crippen molar-refractivity contribution in [2.45, 2.75) is 24.8 Å². The second kappa shape index (κ2) is 5.50. The molecule has 2 N–H and O–H groups in total. The van der Waals surface area contributed by atoms with E-state index in [2.05, 4.69) is 10.1 Å². The summed E-state index contributed by atoms with van der Waals surface area (Å²) in [5, 5.41) is 4.60. The van der Waals surface area contributed by atoms with E-state index >= 15 is 0 Å². The summed E-state index contributed by atoms with van der Waals surface area (Å²) in [6, 6.07) is 5.40. The first-order valence-corrected chi connectivity index (χ1v) is 7.13. The summed E-state index contributed by atoms with van der Waals surface area (Å²) >= 11 is 5.99. The maximum Gasteiger partial charge on any atom is 0.250 e. The average molecular weight is 306 g/mol. The fourth-order valence-electron chi connectivity index (χ4n) is 2.28. The van der Waals surface area contributed by atoms with Crippen LogP contribution in [0.3, 0.4) is 0 Å². The van der Waals surface area contributed by atoms with E-state index in [0.717, 1.165) is 30.6 Å². The highest BCUT2D eigenvalue weighted by Crippen LogP contribution is 2.37. The maximum absolute atomic E-state index is 6.16. The van der Waals surface area contributed by atoms with Gasteiger partial charge in [0.25, 0.3) is 5.89 Å². The summed E-state index contributed by atoms with van der Waals surface area (Å²) in [5.41, 5.74) is 6.59. The van der Waals surface area contributed by atoms with Gasteiger partial charge in [-0.25, -0.2) is 0 Å². The predicted octanol–water partition coefficient (Wildman–Crippen LogP) is 3.24. The van der Waals surface area contributed by atoms with Crippen LogP contribution in [-0.4, -0.2) is 17.3 Å². The number of methoxy groups -OCH3 is 1. The maximum atomic E-state index is 6.16. The Bertz CT molecular complexity index is 677. The topological polar surface area (TPSA) is 74.2 Å². The smallest absolute Gasteiger partial charge is 0.250 e. The minimum atomic E-state index is -0.413. The van der Waals surface area contributed by atoms with Crippen LogP contribution in [0.4, 0.5) is 0 Å². The molecule has 0 spiro atoms. The van der Waals surface area contributed by atoms with Gasteiger partial charge in [0.15, 0.2) is 5.82 Å². The summed E-state index contributed by atoms with van der Waals surface area (Å²) in [4.78, 5) is 4.33. The van der Waals surface area contributed by atoms with Crippen molar-refractivity contribution in [3.05, 3.63) is 40.5 Å². The Hall–Kier alpha value is -1.85. The lowest BCUT2D eigenvalue weighted by Crippen LogP contribution is -2.44. The van der Waals surface area contributed by atoms with Crippen LogP contribution in [0.2, 0.25) is 5.02 Å². The van der Waals surface area contributed by atoms with Gasteiger partial charge in [0, 0.05) is 16.7 Å². The number of rotatable bonds is 4. The average Bonchev–Trinajstić information content (AvgIpc) is 2.92. The second-order valence-corrected chi connectivity index (χ2v) is 5.62. The first-order chi connectivity index (χ1) is 10.1. The molecule has 6 heteroatoms. The molecule has 0 aliphatic heterocycles. The number of hydrogen-bond donors (Lipinski definition) is 1. The second-order valence-electron chi connectivity index (χ2n) is 5.19. The van der Waals surface area contributed by atoms with Crippen LogP contribution >= 0.6 is 11.6 Å². The highest BCUT2D eigenvalue weighted by molar-refractivity contribution is 6.30. The molecule has 0 saturated heterocycles. The quantitative estimate of drug-likeness (QED) is 0.938. The van der Waals surface area contributed by atoms with E-state index in [0.29, 0.717) is 16.7 Å². The van der Waals surface area contributed by atoms with Crippen LogP contribution in [0.15, 0.2) is 22.7 Å². The van der Waals surface area contributed by atoms with Crippen molar-refractivity contribution >= 4 is 23.8 Å². The van der Waals surface area contributed by atoms with Gasteiger partial charge in [0.05, 0.1) is 12.6 Å². The van der Waals surface area contributed by atoms with Crippen LogP contribution in [0.25, 0.3) is 12.2 Å². The standard InChI is InChI=1S/C15H16ClN3O2/c1-20-12-5-4-11(16)9-10(12)3-6-13-18-14(19-21-13)15(17)7-2-8-15/h3-6,9H,2,7-8,17H2,1H3/b6-3+. The summed E-state index contributed by atoms with van der Waals surface area (Å²) in [6.45, 7) is 0. The van der Waals surface area contributed by atoms with Gasteiger partial charge in [-0.05, 0) is 43.5 Å². The zero-order chi connectivity index (χ0) is 14.9. The monoisotopic (exact) mass is 305 g/mol. The van der Waals surface area contributed by atoms with Gasteiger partial charge in [-0.15, -0.1) is 0 Å². The molecule has 1 aromatic heterocycles. The van der Waals surface area contributed by atoms with Crippen LogP contribution in [-0.2, 0) is 5.54 Å². The van der Waals surface area contributed by atoms with Crippen molar-refractivity contribution in [1.82, 2.24) is 10.1 Å². The Morgan fingerprint density at radius 2 is 2.19 bits per heavy atom. The van der Waals surface area contributed by atoms with Crippen LogP contribution in [0.1, 0.15) is 36.5 Å². The predicted molar refractivity (Wildman–Crippen MR) is 80.9 cm³/mol. The Balaban J connectivity index is 1.82. The fraction of sp³-hybridized carbons (Fsp3) is 0.333. The summed E-state index contributed by atoms with van der Waals surface area (Å²) in [6.07, 6.45) is 6.46. The minimum absolute atomic E-state index is 0.413. The van der Waals surface area contributed by atoms with E-state index < -0.39 is 5.54 Å². The lowest BCUT2D eigenvalue weighted by Gasteiger charge is -2.34. The van der Waals surface area contributed by atoms with Crippen molar-refractivity contribution in [2.24, 2.45) is 5.73 Å². The molecule has 1 saturated carbocycles. The molecule has 1 aliphatic rings. The van der Waals surface area contributed by atoms with Crippen molar-refractivity contribution in [3.63, 3.8) is 0 Å². The first-order valence-electron chi connectivity index (χ1n) is 6.75. The molecule has 0 bridgehead atoms. The third-order valence-corrected chi connectivity index (χ3v) is 3.97. The van der Waals surface area contributed by atoms with E-state index in [9.17, 15) is 0 Å². The molecule has 3 rings (SSSR count). The lowest BCUT2D eigenvalue weighted by molar-refractivity contribution is 0.229. The zero-order valence-electron chi connectivity index (χ0n) is 11.7. The van der Waals surface area contributed by atoms with Crippen molar-refractivity contribution < 1.29 is 9.26 Å². The Morgan fingerprint density at radius 1 is 1.38 bits per heavy atom. The van der Waals surface area contributed by atoms with E-state index in [-0.39, 0.29) is 0 Å². The highest BCUT2D eigenvalue weighted by atomic mass is 35.5. The van der Waals surface area contributed by atoms with Crippen LogP contribution in [0.5, 0.6) is 5.75 Å². The van der Waals surface area contributed by atoms with Gasteiger partial charge in [0.1, 0.15) is 5.75 Å². The summed E-state index contributed by atoms with van der Waals surface area (Å²) < 4.78 is 10.5. The fourth-order valence-corrected chi connectivity index (χ4v) is 2.46. The van der Waals surface area contributed by atoms with E-state index in [1.165, 1.54) is 0 Å². The normalized spacial score (nSPS) is 16.9. The molecular formula is C15H16ClN3O2. The summed E-state index contributed by atoms with van der Waals surface area (Å²) in [7, 11) is 1.61. The van der Waals surface area contributed by atoms with Crippen molar-refractivity contribution in [1.29, 1.82) is 0 Å². The number of hydrogen-bond acceptors (Lipinski definition) is 5. The molecule has 1 aliphatic carbocycles. The zero-order valence-corrected chi connectivity index (χ0v) is 12.4. The number of nitrogens with zero attached hydrogens (tertiary/aromatic N) is 2. The van der Waals surface area contributed by atoms with Crippen molar-refractivity contribution in [3.8, 4) is 5.75 Å². The molecule has 21 heavy (non-hydrogen) atoms. The van der Waals surface area contributed by atoms with E-state index in [1.807, 2.05) is 18.2 Å². The first kappa shape index (κ1) is 14.1. The lowest BCUT2D eigenvalue weighted by atomic mass is 9.77. The SMILES string of the molecule is COc1ccc(Cl)cc1/C=C/c1nc(C2(N)CCC2)no1. The summed E-state index contributed by atoms with van der Waals surface area (Å²) in [5.74, 6) is 1.72. The van der Waals surface area contributed by atoms with Crippen LogP contribution in [0, 0.1) is 0 Å². The minimum Gasteiger partial charge on any atom is -0.496 e. The van der Waals surface area contributed by atoms with Gasteiger partial charge >= 0.3 is 0 Å². The van der Waals surface area contributed by atoms with Gasteiger partial charge < -0.3 is 15.0 Å². The molecule has 1 aromatic carbocycles. The Kier molecular flexibility index (Phi) is 3.69. The molecule has 1 heterocycles. The Labute approximate surface area is 127 Å². The number of halogens is 1. The molecule has 5 nitrogen and oxygen atoms in total. The number of nitrogens with two attached hydrogens (primary N) is 1. The molecule has 0 radical (unpaired) electrons. The molecule has 1 fully saturated rings. The van der Waals surface area contributed by atoms with Gasteiger partial charge in [-0.1, -0.05) is 16.8 Å². The molecular weight excluding hydrogens is 290 g/mol. The van der Waals surface area contributed by atoms with E-state index in [1.54, 1.807) is 19.3 Å². The third-order valence-electron chi connectivity index (χ3n) is 3.73. The number of ether oxygens (including phenoxy) is 1. The number of aromatic nitrogens is 2. The molecule has 0 atom stereocenters. The highest BCUT2D eigenvalue weighted by Gasteiger charge is 2.38. The van der Waals surface area contributed by atoms with E-state index in [4.69, 9.17) is 26.6 Å². The van der Waals surface area contributed by atoms with Gasteiger partial charge in [0.2, 0.25) is 0 Å². The van der Waals surface area contributed by atoms with Gasteiger partial charge in [-0.2, -0.15) is 4.98 Å². The molecule has 0 amide bonds. The Morgan fingerprint density at radius 3 is 2.86 bits per heavy atom. The number of benzene rings is 1. The molecule has 110 valence electrons. The molecule has 2 aromatic rings. The van der Waals surface area contributed by atoms with Crippen molar-refractivity contribution in [2.75, 3.05) is 7.11 Å². The van der Waals surface area contributed by atoms with Crippen LogP contribution < -0.4 is 10.5 Å².